The van der Waals surface area contributed by atoms with Crippen molar-refractivity contribution in [3.63, 3.8) is 0 Å². The fourth-order valence-corrected chi connectivity index (χ4v) is 4.91. The molecular weight excluding hydrogens is 262 g/mol. The van der Waals surface area contributed by atoms with E-state index in [2.05, 4.69) is 6.92 Å². The first-order valence-electron chi connectivity index (χ1n) is 7.29. The Kier molecular flexibility index (Phi) is 5.79. The second kappa shape index (κ2) is 6.52. The van der Waals surface area contributed by atoms with Crippen molar-refractivity contribution >= 4 is 10.2 Å². The maximum atomic E-state index is 12.8. The van der Waals surface area contributed by atoms with Crippen LogP contribution >= 0.6 is 0 Å². The molecule has 1 aliphatic heterocycles. The lowest BCUT2D eigenvalue weighted by Gasteiger charge is -2.42. The van der Waals surface area contributed by atoms with Crippen LogP contribution < -0.4 is 5.73 Å². The van der Waals surface area contributed by atoms with Crippen LogP contribution in [0.4, 0.5) is 0 Å². The molecule has 1 aliphatic rings. The van der Waals surface area contributed by atoms with Gasteiger partial charge in [0.25, 0.3) is 10.2 Å². The van der Waals surface area contributed by atoms with Crippen LogP contribution in [0, 0.1) is 5.92 Å². The van der Waals surface area contributed by atoms with Gasteiger partial charge in [-0.25, -0.2) is 0 Å². The maximum Gasteiger partial charge on any atom is 0.282 e. The highest BCUT2D eigenvalue weighted by Crippen LogP contribution is 2.27. The van der Waals surface area contributed by atoms with Gasteiger partial charge in [0, 0.05) is 31.7 Å². The van der Waals surface area contributed by atoms with Gasteiger partial charge in [0.2, 0.25) is 0 Å². The lowest BCUT2D eigenvalue weighted by atomic mass is 9.99. The lowest BCUT2D eigenvalue weighted by molar-refractivity contribution is 0.184. The van der Waals surface area contributed by atoms with Crippen molar-refractivity contribution in [1.82, 2.24) is 8.61 Å². The average Bonchev–Trinajstić information content (AvgIpc) is 2.39. The van der Waals surface area contributed by atoms with E-state index in [1.165, 1.54) is 0 Å². The van der Waals surface area contributed by atoms with E-state index in [0.29, 0.717) is 32.1 Å². The van der Waals surface area contributed by atoms with Crippen LogP contribution in [0.15, 0.2) is 0 Å². The minimum absolute atomic E-state index is 0.347. The van der Waals surface area contributed by atoms with E-state index in [1.54, 1.807) is 8.61 Å². The predicted octanol–water partition coefficient (Wildman–Crippen LogP) is 1.41. The summed E-state index contributed by atoms with van der Waals surface area (Å²) in [6.45, 7) is 9.99. The number of rotatable bonds is 6. The number of nitrogens with two attached hydrogens (primary N) is 1. The number of likely N-dealkylation sites (N-methyl/N-ethyl adjacent to an activating group) is 1. The van der Waals surface area contributed by atoms with Crippen molar-refractivity contribution in [2.24, 2.45) is 11.7 Å². The summed E-state index contributed by atoms with van der Waals surface area (Å²) >= 11 is 0. The van der Waals surface area contributed by atoms with Crippen LogP contribution in [0.2, 0.25) is 0 Å². The van der Waals surface area contributed by atoms with E-state index >= 15 is 0 Å². The molecule has 114 valence electrons. The normalized spacial score (nSPS) is 25.5. The molecule has 0 amide bonds. The molecule has 1 saturated heterocycles. The number of nitrogens with zero attached hydrogens (tertiary/aromatic N) is 2. The Bertz CT molecular complexity index is 379. The van der Waals surface area contributed by atoms with E-state index in [0.717, 1.165) is 19.3 Å². The number of hydrogen-bond acceptors (Lipinski definition) is 3. The predicted molar refractivity (Wildman–Crippen MR) is 79.0 cm³/mol. The van der Waals surface area contributed by atoms with Gasteiger partial charge in [0.15, 0.2) is 0 Å². The van der Waals surface area contributed by atoms with Crippen LogP contribution in [-0.4, -0.2) is 48.7 Å². The van der Waals surface area contributed by atoms with Crippen LogP contribution in [-0.2, 0) is 10.2 Å². The van der Waals surface area contributed by atoms with E-state index in [1.807, 2.05) is 20.8 Å². The highest BCUT2D eigenvalue weighted by molar-refractivity contribution is 7.86. The SMILES string of the molecule is CCN(C(C)(CC)CN)S(=O)(=O)N1CCCC(C)C1. The third kappa shape index (κ3) is 3.48. The molecule has 1 fully saturated rings. The molecule has 0 aliphatic carbocycles. The van der Waals surface area contributed by atoms with E-state index in [4.69, 9.17) is 5.73 Å². The standard InChI is InChI=1S/C13H29N3O2S/c1-5-13(4,11-14)16(6-2)19(17,18)15-9-7-8-12(3)10-15/h12H,5-11,14H2,1-4H3. The van der Waals surface area contributed by atoms with Crippen molar-refractivity contribution < 1.29 is 8.42 Å². The van der Waals surface area contributed by atoms with Crippen LogP contribution in [0.1, 0.15) is 47.0 Å². The van der Waals surface area contributed by atoms with E-state index < -0.39 is 15.7 Å². The molecule has 0 aromatic heterocycles. The molecule has 0 aromatic rings. The lowest BCUT2D eigenvalue weighted by Crippen LogP contribution is -2.58. The molecule has 19 heavy (non-hydrogen) atoms. The van der Waals surface area contributed by atoms with Gasteiger partial charge in [-0.15, -0.1) is 0 Å². The summed E-state index contributed by atoms with van der Waals surface area (Å²) in [6, 6.07) is 0. The molecule has 5 nitrogen and oxygen atoms in total. The Morgan fingerprint density at radius 3 is 2.47 bits per heavy atom. The third-order valence-corrected chi connectivity index (χ3v) is 6.56. The molecule has 1 heterocycles. The number of piperidine rings is 1. The first-order valence-corrected chi connectivity index (χ1v) is 8.69. The van der Waals surface area contributed by atoms with Gasteiger partial charge in [-0.2, -0.15) is 17.0 Å². The fraction of sp³-hybridized carbons (Fsp3) is 1.00. The third-order valence-electron chi connectivity index (χ3n) is 4.32. The first-order chi connectivity index (χ1) is 8.81. The minimum atomic E-state index is -3.40. The van der Waals surface area contributed by atoms with Crippen LogP contribution in [0.5, 0.6) is 0 Å². The second-order valence-corrected chi connectivity index (χ2v) is 7.69. The largest absolute Gasteiger partial charge is 0.329 e. The molecule has 0 bridgehead atoms. The van der Waals surface area contributed by atoms with Crippen molar-refractivity contribution in [3.05, 3.63) is 0 Å². The Hall–Kier alpha value is -0.170. The zero-order valence-corrected chi connectivity index (χ0v) is 13.5. The van der Waals surface area contributed by atoms with Gasteiger partial charge < -0.3 is 5.73 Å². The Morgan fingerprint density at radius 2 is 2.05 bits per heavy atom. The molecule has 2 unspecified atom stereocenters. The minimum Gasteiger partial charge on any atom is -0.329 e. The average molecular weight is 291 g/mol. The monoisotopic (exact) mass is 291 g/mol. The Balaban J connectivity index is 3.01. The summed E-state index contributed by atoms with van der Waals surface area (Å²) in [6.07, 6.45) is 2.78. The quantitative estimate of drug-likeness (QED) is 0.804. The summed E-state index contributed by atoms with van der Waals surface area (Å²) in [5, 5.41) is 0. The molecule has 0 spiro atoms. The zero-order valence-electron chi connectivity index (χ0n) is 12.7. The van der Waals surface area contributed by atoms with Gasteiger partial charge in [0.05, 0.1) is 0 Å². The molecule has 2 atom stereocenters. The second-order valence-electron chi connectivity index (χ2n) is 5.83. The summed E-state index contributed by atoms with van der Waals surface area (Å²) in [7, 11) is -3.40. The van der Waals surface area contributed by atoms with Crippen LogP contribution in [0.25, 0.3) is 0 Å². The summed E-state index contributed by atoms with van der Waals surface area (Å²) in [4.78, 5) is 0. The summed E-state index contributed by atoms with van der Waals surface area (Å²) < 4.78 is 28.9. The summed E-state index contributed by atoms with van der Waals surface area (Å²) in [5.41, 5.74) is 5.33. The number of hydrogen-bond donors (Lipinski definition) is 1. The van der Waals surface area contributed by atoms with Gasteiger partial charge >= 0.3 is 0 Å². The van der Waals surface area contributed by atoms with Gasteiger partial charge in [-0.05, 0) is 32.1 Å². The van der Waals surface area contributed by atoms with Crippen molar-refractivity contribution in [1.29, 1.82) is 0 Å². The topological polar surface area (TPSA) is 66.6 Å². The first kappa shape index (κ1) is 16.9. The highest BCUT2D eigenvalue weighted by Gasteiger charge is 2.40. The molecule has 2 N–H and O–H groups in total. The highest BCUT2D eigenvalue weighted by atomic mass is 32.2. The van der Waals surface area contributed by atoms with E-state index in [-0.39, 0.29) is 0 Å². The molecular formula is C13H29N3O2S. The van der Waals surface area contributed by atoms with E-state index in [9.17, 15) is 8.42 Å². The Labute approximate surface area is 118 Å². The smallest absolute Gasteiger partial charge is 0.282 e. The molecule has 0 radical (unpaired) electrons. The molecule has 0 saturated carbocycles. The molecule has 0 aromatic carbocycles. The molecule has 1 rings (SSSR count). The van der Waals surface area contributed by atoms with Gasteiger partial charge in [-0.1, -0.05) is 20.8 Å². The Morgan fingerprint density at radius 1 is 1.42 bits per heavy atom. The molecule has 6 heteroatoms. The van der Waals surface area contributed by atoms with Gasteiger partial charge in [-0.3, -0.25) is 0 Å². The maximum absolute atomic E-state index is 12.8. The van der Waals surface area contributed by atoms with Crippen molar-refractivity contribution in [3.8, 4) is 0 Å². The van der Waals surface area contributed by atoms with Crippen molar-refractivity contribution in [2.75, 3.05) is 26.2 Å². The fourth-order valence-electron chi connectivity index (χ4n) is 2.74. The summed E-state index contributed by atoms with van der Waals surface area (Å²) in [5.74, 6) is 0.438. The van der Waals surface area contributed by atoms with Crippen molar-refractivity contribution in [2.45, 2.75) is 52.5 Å². The zero-order chi connectivity index (χ0) is 14.7. The van der Waals surface area contributed by atoms with Crippen LogP contribution in [0.3, 0.4) is 0 Å². The van der Waals surface area contributed by atoms with Gasteiger partial charge in [0.1, 0.15) is 0 Å².